The fraction of sp³-hybridized carbons (Fsp3) is 0.538. The van der Waals surface area contributed by atoms with Crippen LogP contribution in [0.5, 0.6) is 0 Å². The third-order valence-corrected chi connectivity index (χ3v) is 2.60. The van der Waals surface area contributed by atoms with Gasteiger partial charge in [-0.05, 0) is 29.9 Å². The van der Waals surface area contributed by atoms with Gasteiger partial charge in [-0.3, -0.25) is 0 Å². The van der Waals surface area contributed by atoms with E-state index >= 15 is 0 Å². The fourth-order valence-electron chi connectivity index (χ4n) is 1.68. The lowest BCUT2D eigenvalue weighted by molar-refractivity contribution is 0.170. The summed E-state index contributed by atoms with van der Waals surface area (Å²) in [4.78, 5) is 0. The second-order valence-corrected chi connectivity index (χ2v) is 4.12. The lowest BCUT2D eigenvalue weighted by atomic mass is 9.93. The first-order valence-electron chi connectivity index (χ1n) is 5.41. The molecule has 0 unspecified atom stereocenters. The number of rotatable bonds is 4. The average molecular weight is 192 g/mol. The first-order valence-corrected chi connectivity index (χ1v) is 5.41. The maximum absolute atomic E-state index is 9.62. The topological polar surface area (TPSA) is 20.2 Å². The standard InChI is InChI=1S/C13H20O/c1-4-12(14)9-11-7-5-6-8-13(11)10(2)3/h5-8,10,12,14H,4,9H2,1-3H3/t12-/m1/s1. The molecule has 1 nitrogen and oxygen atoms in total. The lowest BCUT2D eigenvalue weighted by Gasteiger charge is -2.14. The van der Waals surface area contributed by atoms with E-state index in [-0.39, 0.29) is 6.10 Å². The molecule has 0 radical (unpaired) electrons. The Hall–Kier alpha value is -0.820. The molecule has 1 N–H and O–H groups in total. The Kier molecular flexibility index (Phi) is 4.15. The highest BCUT2D eigenvalue weighted by molar-refractivity contribution is 5.30. The average Bonchev–Trinajstić information content (AvgIpc) is 2.18. The van der Waals surface area contributed by atoms with Crippen LogP contribution >= 0.6 is 0 Å². The maximum atomic E-state index is 9.62. The molecule has 0 aromatic heterocycles. The smallest absolute Gasteiger partial charge is 0.0578 e. The van der Waals surface area contributed by atoms with Crippen molar-refractivity contribution in [3.8, 4) is 0 Å². The summed E-state index contributed by atoms with van der Waals surface area (Å²) in [6.45, 7) is 6.40. The van der Waals surface area contributed by atoms with E-state index in [1.165, 1.54) is 11.1 Å². The van der Waals surface area contributed by atoms with Crippen LogP contribution in [0.2, 0.25) is 0 Å². The van der Waals surface area contributed by atoms with E-state index in [0.29, 0.717) is 5.92 Å². The molecular formula is C13H20O. The van der Waals surface area contributed by atoms with Crippen LogP contribution in [0.15, 0.2) is 24.3 Å². The zero-order valence-corrected chi connectivity index (χ0v) is 9.33. The fourth-order valence-corrected chi connectivity index (χ4v) is 1.68. The minimum atomic E-state index is -0.199. The predicted molar refractivity (Wildman–Crippen MR) is 60.5 cm³/mol. The van der Waals surface area contributed by atoms with Gasteiger partial charge in [-0.2, -0.15) is 0 Å². The molecule has 0 saturated carbocycles. The molecule has 0 bridgehead atoms. The summed E-state index contributed by atoms with van der Waals surface area (Å²) in [7, 11) is 0. The molecule has 1 rings (SSSR count). The van der Waals surface area contributed by atoms with Gasteiger partial charge in [0.2, 0.25) is 0 Å². The summed E-state index contributed by atoms with van der Waals surface area (Å²) >= 11 is 0. The van der Waals surface area contributed by atoms with Gasteiger partial charge in [0.05, 0.1) is 6.10 Å². The highest BCUT2D eigenvalue weighted by atomic mass is 16.3. The minimum Gasteiger partial charge on any atom is -0.393 e. The third kappa shape index (κ3) is 2.85. The van der Waals surface area contributed by atoms with E-state index < -0.39 is 0 Å². The van der Waals surface area contributed by atoms with Gasteiger partial charge in [-0.1, -0.05) is 45.0 Å². The first-order chi connectivity index (χ1) is 6.65. The Bertz CT molecular complexity index is 278. The van der Waals surface area contributed by atoms with Gasteiger partial charge in [-0.25, -0.2) is 0 Å². The second-order valence-electron chi connectivity index (χ2n) is 4.12. The Labute approximate surface area is 86.8 Å². The van der Waals surface area contributed by atoms with Gasteiger partial charge in [0.15, 0.2) is 0 Å². The number of hydrogen-bond donors (Lipinski definition) is 1. The van der Waals surface area contributed by atoms with Crippen LogP contribution in [0, 0.1) is 0 Å². The van der Waals surface area contributed by atoms with Crippen molar-refractivity contribution in [3.63, 3.8) is 0 Å². The van der Waals surface area contributed by atoms with Crippen molar-refractivity contribution in [2.45, 2.75) is 45.6 Å². The summed E-state index contributed by atoms with van der Waals surface area (Å²) in [6, 6.07) is 8.39. The van der Waals surface area contributed by atoms with E-state index in [0.717, 1.165) is 12.8 Å². The molecule has 0 spiro atoms. The summed E-state index contributed by atoms with van der Waals surface area (Å²) in [5.41, 5.74) is 2.65. The SMILES string of the molecule is CC[C@@H](O)Cc1ccccc1C(C)C. The Balaban J connectivity index is 2.84. The Morgan fingerprint density at radius 2 is 1.86 bits per heavy atom. The van der Waals surface area contributed by atoms with Crippen LogP contribution in [0.4, 0.5) is 0 Å². The molecule has 0 fully saturated rings. The monoisotopic (exact) mass is 192 g/mol. The zero-order chi connectivity index (χ0) is 10.6. The molecule has 0 heterocycles. The summed E-state index contributed by atoms with van der Waals surface area (Å²) < 4.78 is 0. The van der Waals surface area contributed by atoms with Gasteiger partial charge in [0.25, 0.3) is 0 Å². The van der Waals surface area contributed by atoms with Crippen molar-refractivity contribution >= 4 is 0 Å². The molecule has 0 aliphatic carbocycles. The third-order valence-electron chi connectivity index (χ3n) is 2.60. The van der Waals surface area contributed by atoms with E-state index in [2.05, 4.69) is 32.0 Å². The molecule has 0 aliphatic heterocycles. The summed E-state index contributed by atoms with van der Waals surface area (Å²) in [5.74, 6) is 0.537. The molecule has 0 saturated heterocycles. The molecule has 1 heteroatoms. The molecular weight excluding hydrogens is 172 g/mol. The van der Waals surface area contributed by atoms with Crippen LogP contribution in [0.1, 0.15) is 44.2 Å². The molecule has 1 aromatic carbocycles. The largest absolute Gasteiger partial charge is 0.393 e. The molecule has 0 aliphatic rings. The molecule has 78 valence electrons. The van der Waals surface area contributed by atoms with E-state index in [9.17, 15) is 5.11 Å². The van der Waals surface area contributed by atoms with E-state index in [4.69, 9.17) is 0 Å². The predicted octanol–water partition coefficient (Wildman–Crippen LogP) is 3.12. The summed E-state index contributed by atoms with van der Waals surface area (Å²) in [6.07, 6.45) is 1.41. The van der Waals surface area contributed by atoms with Crippen molar-refractivity contribution in [1.29, 1.82) is 0 Å². The zero-order valence-electron chi connectivity index (χ0n) is 9.33. The van der Waals surface area contributed by atoms with Crippen LogP contribution in [-0.2, 0) is 6.42 Å². The van der Waals surface area contributed by atoms with E-state index in [1.54, 1.807) is 0 Å². The minimum absolute atomic E-state index is 0.199. The van der Waals surface area contributed by atoms with Crippen LogP contribution < -0.4 is 0 Å². The Morgan fingerprint density at radius 3 is 2.43 bits per heavy atom. The number of hydrogen-bond acceptors (Lipinski definition) is 1. The highest BCUT2D eigenvalue weighted by Gasteiger charge is 2.08. The first kappa shape index (κ1) is 11.3. The van der Waals surface area contributed by atoms with Gasteiger partial charge < -0.3 is 5.11 Å². The second kappa shape index (κ2) is 5.16. The maximum Gasteiger partial charge on any atom is 0.0578 e. The van der Waals surface area contributed by atoms with Crippen molar-refractivity contribution in [2.24, 2.45) is 0 Å². The number of aliphatic hydroxyl groups excluding tert-OH is 1. The van der Waals surface area contributed by atoms with E-state index in [1.807, 2.05) is 13.0 Å². The van der Waals surface area contributed by atoms with Crippen LogP contribution in [0.3, 0.4) is 0 Å². The normalized spacial score (nSPS) is 13.2. The highest BCUT2D eigenvalue weighted by Crippen LogP contribution is 2.20. The van der Waals surface area contributed by atoms with Crippen molar-refractivity contribution in [2.75, 3.05) is 0 Å². The quantitative estimate of drug-likeness (QED) is 0.777. The van der Waals surface area contributed by atoms with Gasteiger partial charge in [-0.15, -0.1) is 0 Å². The molecule has 1 aromatic rings. The van der Waals surface area contributed by atoms with Crippen molar-refractivity contribution in [1.82, 2.24) is 0 Å². The number of benzene rings is 1. The molecule has 0 amide bonds. The molecule has 1 atom stereocenters. The lowest BCUT2D eigenvalue weighted by Crippen LogP contribution is -2.10. The van der Waals surface area contributed by atoms with Gasteiger partial charge in [0, 0.05) is 0 Å². The van der Waals surface area contributed by atoms with Crippen molar-refractivity contribution in [3.05, 3.63) is 35.4 Å². The summed E-state index contributed by atoms with van der Waals surface area (Å²) in [5, 5.41) is 9.62. The van der Waals surface area contributed by atoms with Crippen LogP contribution in [0.25, 0.3) is 0 Å². The van der Waals surface area contributed by atoms with Crippen LogP contribution in [-0.4, -0.2) is 11.2 Å². The Morgan fingerprint density at radius 1 is 1.21 bits per heavy atom. The van der Waals surface area contributed by atoms with Crippen molar-refractivity contribution < 1.29 is 5.11 Å². The van der Waals surface area contributed by atoms with Gasteiger partial charge in [0.1, 0.15) is 0 Å². The number of aliphatic hydroxyl groups is 1. The van der Waals surface area contributed by atoms with Gasteiger partial charge >= 0.3 is 0 Å². The molecule has 14 heavy (non-hydrogen) atoms.